The lowest BCUT2D eigenvalue weighted by Crippen LogP contribution is -2.37. The first-order chi connectivity index (χ1) is 12.1. The van der Waals surface area contributed by atoms with Crippen LogP contribution in [-0.2, 0) is 6.54 Å². The topological polar surface area (TPSA) is 78.7 Å². The molecule has 1 aromatic heterocycles. The number of halogens is 1. The molecule has 1 aromatic carbocycles. The van der Waals surface area contributed by atoms with Crippen molar-refractivity contribution in [2.45, 2.75) is 26.8 Å². The summed E-state index contributed by atoms with van der Waals surface area (Å²) in [5.41, 5.74) is 1.83. The molecule has 0 bridgehead atoms. The van der Waals surface area contributed by atoms with Gasteiger partial charge in [-0.25, -0.2) is 0 Å². The second-order valence-electron chi connectivity index (χ2n) is 6.16. The quantitative estimate of drug-likeness (QED) is 0.326. The summed E-state index contributed by atoms with van der Waals surface area (Å²) in [7, 11) is 1.76. The van der Waals surface area contributed by atoms with E-state index in [2.05, 4.69) is 34.8 Å². The minimum absolute atomic E-state index is 0. The molecule has 0 aliphatic heterocycles. The zero-order chi connectivity index (χ0) is 18.1. The van der Waals surface area contributed by atoms with Crippen molar-refractivity contribution >= 4 is 41.5 Å². The van der Waals surface area contributed by atoms with Gasteiger partial charge in [0.05, 0.1) is 6.26 Å². The Labute approximate surface area is 171 Å². The summed E-state index contributed by atoms with van der Waals surface area (Å²) in [5.74, 6) is 1.48. The Morgan fingerprint density at radius 1 is 1.15 bits per heavy atom. The van der Waals surface area contributed by atoms with Gasteiger partial charge in [0.25, 0.3) is 5.91 Å². The lowest BCUT2D eigenvalue weighted by molar-refractivity contribution is 0.0996. The Morgan fingerprint density at radius 2 is 1.88 bits per heavy atom. The summed E-state index contributed by atoms with van der Waals surface area (Å²) in [5, 5.41) is 9.37. The van der Waals surface area contributed by atoms with Crippen LogP contribution in [0.4, 0.5) is 5.69 Å². The smallest absolute Gasteiger partial charge is 0.291 e. The Morgan fingerprint density at radius 3 is 2.46 bits per heavy atom. The maximum Gasteiger partial charge on any atom is 0.291 e. The van der Waals surface area contributed by atoms with E-state index < -0.39 is 0 Å². The lowest BCUT2D eigenvalue weighted by Gasteiger charge is -2.13. The summed E-state index contributed by atoms with van der Waals surface area (Å²) in [4.78, 5) is 16.1. The molecule has 0 saturated heterocycles. The van der Waals surface area contributed by atoms with Gasteiger partial charge in [0.1, 0.15) is 0 Å². The first-order valence-corrected chi connectivity index (χ1v) is 8.47. The molecule has 0 saturated carbocycles. The predicted octanol–water partition coefficient (Wildman–Crippen LogP) is 3.86. The van der Waals surface area contributed by atoms with Gasteiger partial charge in [-0.1, -0.05) is 26.0 Å². The summed E-state index contributed by atoms with van der Waals surface area (Å²) in [6, 6.07) is 11.0. The van der Waals surface area contributed by atoms with Gasteiger partial charge in [-0.3, -0.25) is 9.79 Å². The van der Waals surface area contributed by atoms with Crippen molar-refractivity contribution in [1.82, 2.24) is 10.6 Å². The third-order valence-electron chi connectivity index (χ3n) is 3.65. The summed E-state index contributed by atoms with van der Waals surface area (Å²) in [6.07, 6.45) is 2.58. The number of carbonyl (C=O) groups is 1. The van der Waals surface area contributed by atoms with Crippen molar-refractivity contribution in [3.05, 3.63) is 54.0 Å². The highest BCUT2D eigenvalue weighted by Crippen LogP contribution is 2.11. The molecule has 0 radical (unpaired) electrons. The molecule has 142 valence electrons. The Balaban J connectivity index is 0.00000338. The van der Waals surface area contributed by atoms with Crippen LogP contribution in [0.3, 0.4) is 0 Å². The fraction of sp³-hybridized carbons (Fsp3) is 0.368. The van der Waals surface area contributed by atoms with Crippen LogP contribution in [-0.4, -0.2) is 25.5 Å². The Bertz CT molecular complexity index is 682. The molecule has 1 amide bonds. The van der Waals surface area contributed by atoms with Gasteiger partial charge in [-0.2, -0.15) is 0 Å². The molecule has 2 rings (SSSR count). The molecule has 7 heteroatoms. The molecule has 0 aliphatic rings. The molecule has 26 heavy (non-hydrogen) atoms. The van der Waals surface area contributed by atoms with Crippen LogP contribution < -0.4 is 16.0 Å². The number of furan rings is 1. The summed E-state index contributed by atoms with van der Waals surface area (Å²) in [6.45, 7) is 5.96. The van der Waals surface area contributed by atoms with Crippen molar-refractivity contribution in [1.29, 1.82) is 0 Å². The fourth-order valence-electron chi connectivity index (χ4n) is 2.19. The largest absolute Gasteiger partial charge is 0.459 e. The van der Waals surface area contributed by atoms with Crippen molar-refractivity contribution in [2.75, 3.05) is 18.9 Å². The number of anilines is 1. The summed E-state index contributed by atoms with van der Waals surface area (Å²) < 4.78 is 5.07. The lowest BCUT2D eigenvalue weighted by atomic mass is 10.1. The number of nitrogens with one attached hydrogen (secondary N) is 3. The zero-order valence-electron chi connectivity index (χ0n) is 15.4. The van der Waals surface area contributed by atoms with E-state index in [0.717, 1.165) is 30.2 Å². The van der Waals surface area contributed by atoms with E-state index in [9.17, 15) is 4.79 Å². The maximum atomic E-state index is 11.9. The highest BCUT2D eigenvalue weighted by Gasteiger charge is 2.08. The van der Waals surface area contributed by atoms with Crippen LogP contribution in [0.5, 0.6) is 0 Å². The molecule has 3 N–H and O–H groups in total. The molecule has 0 aliphatic carbocycles. The maximum absolute atomic E-state index is 11.9. The van der Waals surface area contributed by atoms with Gasteiger partial charge in [0.15, 0.2) is 11.7 Å². The van der Waals surface area contributed by atoms with E-state index in [-0.39, 0.29) is 29.9 Å². The monoisotopic (exact) mass is 470 g/mol. The zero-order valence-corrected chi connectivity index (χ0v) is 17.7. The van der Waals surface area contributed by atoms with Crippen molar-refractivity contribution in [3.63, 3.8) is 0 Å². The minimum Gasteiger partial charge on any atom is -0.459 e. The molecule has 1 heterocycles. The van der Waals surface area contributed by atoms with Crippen LogP contribution in [0, 0.1) is 5.92 Å². The third kappa shape index (κ3) is 7.47. The third-order valence-corrected chi connectivity index (χ3v) is 3.65. The average Bonchev–Trinajstić information content (AvgIpc) is 3.13. The standard InChI is InChI=1S/C19H26N4O2.HI/c1-14(2)10-11-21-19(20-3)22-13-15-6-8-16(9-7-15)23-18(24)17-5-4-12-25-17;/h4-9,12,14H,10-11,13H2,1-3H3,(H,23,24)(H2,20,21,22);1H. The van der Waals surface area contributed by atoms with E-state index in [1.165, 1.54) is 6.26 Å². The second-order valence-corrected chi connectivity index (χ2v) is 6.16. The number of hydrogen-bond acceptors (Lipinski definition) is 3. The number of hydrogen-bond donors (Lipinski definition) is 3. The van der Waals surface area contributed by atoms with E-state index in [1.54, 1.807) is 19.2 Å². The van der Waals surface area contributed by atoms with Gasteiger partial charge < -0.3 is 20.4 Å². The first-order valence-electron chi connectivity index (χ1n) is 8.47. The van der Waals surface area contributed by atoms with Crippen molar-refractivity contribution in [2.24, 2.45) is 10.9 Å². The van der Waals surface area contributed by atoms with E-state index in [4.69, 9.17) is 4.42 Å². The summed E-state index contributed by atoms with van der Waals surface area (Å²) >= 11 is 0. The normalized spacial score (nSPS) is 11.0. The van der Waals surface area contributed by atoms with Crippen LogP contribution in [0.1, 0.15) is 36.4 Å². The number of nitrogens with zero attached hydrogens (tertiary/aromatic N) is 1. The van der Waals surface area contributed by atoms with Crippen LogP contribution in [0.2, 0.25) is 0 Å². The molecule has 0 atom stereocenters. The number of amides is 1. The highest BCUT2D eigenvalue weighted by atomic mass is 127. The first kappa shape index (κ1) is 22.0. The van der Waals surface area contributed by atoms with Gasteiger partial charge in [-0.15, -0.1) is 24.0 Å². The van der Waals surface area contributed by atoms with Gasteiger partial charge >= 0.3 is 0 Å². The second kappa shape index (κ2) is 11.6. The molecule has 0 unspecified atom stereocenters. The molecular formula is C19H27IN4O2. The van der Waals surface area contributed by atoms with Crippen LogP contribution >= 0.6 is 24.0 Å². The van der Waals surface area contributed by atoms with E-state index >= 15 is 0 Å². The molecular weight excluding hydrogens is 443 g/mol. The number of benzene rings is 1. The average molecular weight is 470 g/mol. The molecule has 0 spiro atoms. The minimum atomic E-state index is -0.259. The van der Waals surface area contributed by atoms with E-state index in [1.807, 2.05) is 24.3 Å². The predicted molar refractivity (Wildman–Crippen MR) is 116 cm³/mol. The van der Waals surface area contributed by atoms with Gasteiger partial charge in [0, 0.05) is 25.8 Å². The van der Waals surface area contributed by atoms with Gasteiger partial charge in [-0.05, 0) is 42.2 Å². The number of aliphatic imine (C=N–C) groups is 1. The highest BCUT2D eigenvalue weighted by molar-refractivity contribution is 14.0. The van der Waals surface area contributed by atoms with E-state index in [0.29, 0.717) is 18.2 Å². The van der Waals surface area contributed by atoms with Crippen LogP contribution in [0.15, 0.2) is 52.1 Å². The number of guanidine groups is 1. The van der Waals surface area contributed by atoms with Crippen molar-refractivity contribution in [3.8, 4) is 0 Å². The fourth-order valence-corrected chi connectivity index (χ4v) is 2.19. The SMILES string of the molecule is CN=C(NCCC(C)C)NCc1ccc(NC(=O)c2ccco2)cc1.I. The molecule has 0 fully saturated rings. The Kier molecular flexibility index (Phi) is 9.79. The van der Waals surface area contributed by atoms with Gasteiger partial charge in [0.2, 0.25) is 0 Å². The molecule has 2 aromatic rings. The molecule has 6 nitrogen and oxygen atoms in total. The van der Waals surface area contributed by atoms with Crippen molar-refractivity contribution < 1.29 is 9.21 Å². The number of rotatable bonds is 7. The van der Waals surface area contributed by atoms with Crippen LogP contribution in [0.25, 0.3) is 0 Å². The Hall–Kier alpha value is -2.03. The number of carbonyl (C=O) groups excluding carboxylic acids is 1.